The lowest BCUT2D eigenvalue weighted by atomic mass is 10.1. The number of nitrogens with two attached hydrogens (primary N) is 1. The smallest absolute Gasteiger partial charge is 0.120 e. The van der Waals surface area contributed by atoms with Crippen molar-refractivity contribution in [2.45, 2.75) is 6.42 Å². The van der Waals surface area contributed by atoms with Gasteiger partial charge in [-0.25, -0.2) is 0 Å². The van der Waals surface area contributed by atoms with E-state index in [2.05, 4.69) is 4.90 Å². The van der Waals surface area contributed by atoms with Gasteiger partial charge in [0.15, 0.2) is 0 Å². The highest BCUT2D eigenvalue weighted by Gasteiger charge is 2.12. The summed E-state index contributed by atoms with van der Waals surface area (Å²) < 4.78 is 5.28. The number of hydrogen-bond acceptors (Lipinski definition) is 4. The van der Waals surface area contributed by atoms with E-state index in [1.165, 1.54) is 0 Å². The third-order valence-electron chi connectivity index (χ3n) is 2.97. The summed E-state index contributed by atoms with van der Waals surface area (Å²) in [6.07, 6.45) is 0.790. The number of anilines is 1. The van der Waals surface area contributed by atoms with Gasteiger partial charge in [-0.05, 0) is 18.6 Å². The number of ether oxygens (including phenoxy) is 1. The summed E-state index contributed by atoms with van der Waals surface area (Å²) in [7, 11) is 0. The second-order valence-electron chi connectivity index (χ2n) is 4.05. The molecular formula is C12H18N2O2. The van der Waals surface area contributed by atoms with Gasteiger partial charge in [-0.15, -0.1) is 0 Å². The zero-order valence-electron chi connectivity index (χ0n) is 9.35. The summed E-state index contributed by atoms with van der Waals surface area (Å²) in [4.78, 5) is 2.33. The highest BCUT2D eigenvalue weighted by Crippen LogP contribution is 2.23. The van der Waals surface area contributed by atoms with Crippen molar-refractivity contribution in [2.75, 3.05) is 38.6 Å². The van der Waals surface area contributed by atoms with Crippen molar-refractivity contribution in [3.63, 3.8) is 0 Å². The van der Waals surface area contributed by atoms with Gasteiger partial charge in [-0.2, -0.15) is 0 Å². The van der Waals surface area contributed by atoms with Gasteiger partial charge in [0, 0.05) is 30.9 Å². The molecule has 1 aliphatic heterocycles. The molecule has 3 N–H and O–H groups in total. The Kier molecular flexibility index (Phi) is 3.64. The molecule has 16 heavy (non-hydrogen) atoms. The number of phenolic OH excluding ortho intramolecular Hbond substituents is 1. The fourth-order valence-electron chi connectivity index (χ4n) is 1.96. The maximum Gasteiger partial charge on any atom is 0.120 e. The molecule has 0 bridgehead atoms. The Morgan fingerprint density at radius 1 is 1.31 bits per heavy atom. The quantitative estimate of drug-likeness (QED) is 0.744. The van der Waals surface area contributed by atoms with Crippen LogP contribution in [0.3, 0.4) is 0 Å². The second kappa shape index (κ2) is 5.18. The van der Waals surface area contributed by atoms with Gasteiger partial charge in [0.2, 0.25) is 0 Å². The fourth-order valence-corrected chi connectivity index (χ4v) is 1.96. The molecule has 0 atom stereocenters. The first-order valence-corrected chi connectivity index (χ1v) is 5.64. The van der Waals surface area contributed by atoms with E-state index in [1.807, 2.05) is 6.07 Å². The maximum atomic E-state index is 9.70. The molecule has 1 aliphatic rings. The predicted molar refractivity (Wildman–Crippen MR) is 63.5 cm³/mol. The van der Waals surface area contributed by atoms with Crippen LogP contribution in [0.25, 0.3) is 0 Å². The van der Waals surface area contributed by atoms with Crippen LogP contribution in [-0.4, -0.2) is 42.9 Å². The number of aromatic hydroxyl groups is 1. The third kappa shape index (κ3) is 2.65. The molecule has 1 aromatic carbocycles. The van der Waals surface area contributed by atoms with E-state index >= 15 is 0 Å². The molecule has 0 aromatic heterocycles. The van der Waals surface area contributed by atoms with Crippen molar-refractivity contribution in [3.8, 4) is 5.75 Å². The van der Waals surface area contributed by atoms with Gasteiger partial charge in [0.1, 0.15) is 5.75 Å². The third-order valence-corrected chi connectivity index (χ3v) is 2.97. The van der Waals surface area contributed by atoms with Gasteiger partial charge in [0.25, 0.3) is 0 Å². The van der Waals surface area contributed by atoms with E-state index in [0.717, 1.165) is 44.8 Å². The first-order valence-electron chi connectivity index (χ1n) is 5.64. The lowest BCUT2D eigenvalue weighted by Crippen LogP contribution is -2.37. The second-order valence-corrected chi connectivity index (χ2v) is 4.05. The molecule has 0 aliphatic carbocycles. The number of hydrogen-bond donors (Lipinski definition) is 2. The SMILES string of the molecule is Nc1cccc(O)c1CCN1CCOCC1. The van der Waals surface area contributed by atoms with E-state index in [0.29, 0.717) is 11.4 Å². The van der Waals surface area contributed by atoms with Crippen LogP contribution in [0.5, 0.6) is 5.75 Å². The van der Waals surface area contributed by atoms with E-state index < -0.39 is 0 Å². The highest BCUT2D eigenvalue weighted by molar-refractivity contribution is 5.53. The molecule has 1 heterocycles. The average molecular weight is 222 g/mol. The van der Waals surface area contributed by atoms with Crippen LogP contribution < -0.4 is 5.73 Å². The van der Waals surface area contributed by atoms with E-state index in [4.69, 9.17) is 10.5 Å². The summed E-state index contributed by atoms with van der Waals surface area (Å²) >= 11 is 0. The Morgan fingerprint density at radius 3 is 2.75 bits per heavy atom. The Hall–Kier alpha value is -1.26. The number of benzene rings is 1. The van der Waals surface area contributed by atoms with Crippen LogP contribution >= 0.6 is 0 Å². The lowest BCUT2D eigenvalue weighted by Gasteiger charge is -2.26. The van der Waals surface area contributed by atoms with E-state index in [9.17, 15) is 5.11 Å². The lowest BCUT2D eigenvalue weighted by molar-refractivity contribution is 0.0384. The topological polar surface area (TPSA) is 58.7 Å². The molecular weight excluding hydrogens is 204 g/mol. The van der Waals surface area contributed by atoms with E-state index in [-0.39, 0.29) is 0 Å². The summed E-state index contributed by atoms with van der Waals surface area (Å²) in [6.45, 7) is 4.46. The van der Waals surface area contributed by atoms with Crippen LogP contribution in [0.15, 0.2) is 18.2 Å². The molecule has 0 saturated carbocycles. The van der Waals surface area contributed by atoms with Crippen LogP contribution in [0.4, 0.5) is 5.69 Å². The van der Waals surface area contributed by atoms with Crippen molar-refractivity contribution < 1.29 is 9.84 Å². The van der Waals surface area contributed by atoms with Crippen molar-refractivity contribution in [1.29, 1.82) is 0 Å². The minimum Gasteiger partial charge on any atom is -0.508 e. The van der Waals surface area contributed by atoms with E-state index in [1.54, 1.807) is 12.1 Å². The molecule has 4 heteroatoms. The van der Waals surface area contributed by atoms with Crippen LogP contribution in [0.2, 0.25) is 0 Å². The van der Waals surface area contributed by atoms with Crippen LogP contribution in [-0.2, 0) is 11.2 Å². The molecule has 1 aromatic rings. The van der Waals surface area contributed by atoms with Gasteiger partial charge in [-0.3, -0.25) is 4.90 Å². The molecule has 2 rings (SSSR count). The zero-order valence-corrected chi connectivity index (χ0v) is 9.35. The Balaban J connectivity index is 1.93. The Labute approximate surface area is 95.6 Å². The monoisotopic (exact) mass is 222 g/mol. The normalized spacial score (nSPS) is 17.5. The number of nitrogen functional groups attached to an aromatic ring is 1. The first-order chi connectivity index (χ1) is 7.77. The molecule has 1 fully saturated rings. The summed E-state index contributed by atoms with van der Waals surface area (Å²) in [6, 6.07) is 5.28. The molecule has 0 radical (unpaired) electrons. The Morgan fingerprint density at radius 2 is 2.06 bits per heavy atom. The summed E-state index contributed by atoms with van der Waals surface area (Å²) in [5, 5.41) is 9.70. The highest BCUT2D eigenvalue weighted by atomic mass is 16.5. The average Bonchev–Trinajstić information content (AvgIpc) is 2.30. The largest absolute Gasteiger partial charge is 0.508 e. The number of rotatable bonds is 3. The zero-order chi connectivity index (χ0) is 11.4. The van der Waals surface area contributed by atoms with Crippen molar-refractivity contribution in [1.82, 2.24) is 4.90 Å². The predicted octanol–water partition coefficient (Wildman–Crippen LogP) is 0.849. The Bertz CT molecular complexity index is 329. The maximum absolute atomic E-state index is 9.70. The first kappa shape index (κ1) is 11.2. The van der Waals surface area contributed by atoms with Gasteiger partial charge >= 0.3 is 0 Å². The van der Waals surface area contributed by atoms with Gasteiger partial charge in [0.05, 0.1) is 13.2 Å². The molecule has 0 spiro atoms. The molecule has 1 saturated heterocycles. The minimum atomic E-state index is 0.299. The molecule has 0 unspecified atom stereocenters. The minimum absolute atomic E-state index is 0.299. The van der Waals surface area contributed by atoms with Crippen molar-refractivity contribution in [2.24, 2.45) is 0 Å². The van der Waals surface area contributed by atoms with Crippen molar-refractivity contribution >= 4 is 5.69 Å². The number of nitrogens with zero attached hydrogens (tertiary/aromatic N) is 1. The van der Waals surface area contributed by atoms with Crippen LogP contribution in [0, 0.1) is 0 Å². The van der Waals surface area contributed by atoms with Gasteiger partial charge < -0.3 is 15.6 Å². The molecule has 4 nitrogen and oxygen atoms in total. The van der Waals surface area contributed by atoms with Crippen molar-refractivity contribution in [3.05, 3.63) is 23.8 Å². The molecule has 88 valence electrons. The summed E-state index contributed by atoms with van der Waals surface area (Å²) in [5.74, 6) is 0.299. The fraction of sp³-hybridized carbons (Fsp3) is 0.500. The summed E-state index contributed by atoms with van der Waals surface area (Å²) in [5.41, 5.74) is 7.36. The standard InChI is InChI=1S/C12H18N2O2/c13-11-2-1-3-12(15)10(11)4-5-14-6-8-16-9-7-14/h1-3,15H,4-9,13H2. The van der Waals surface area contributed by atoms with Crippen LogP contribution in [0.1, 0.15) is 5.56 Å². The molecule has 0 amide bonds. The number of phenols is 1. The number of morpholine rings is 1. The van der Waals surface area contributed by atoms with Gasteiger partial charge in [-0.1, -0.05) is 6.07 Å².